The Kier molecular flexibility index (Phi) is 13.6. The maximum atomic E-state index is 14.7. The highest BCUT2D eigenvalue weighted by molar-refractivity contribution is 6.04. The molecule has 1 saturated carbocycles. The first-order valence-corrected chi connectivity index (χ1v) is 19.7. The predicted octanol–water partition coefficient (Wildman–Crippen LogP) is 6.15. The summed E-state index contributed by atoms with van der Waals surface area (Å²) >= 11 is 0. The van der Waals surface area contributed by atoms with Gasteiger partial charge in [0.05, 0.1) is 12.5 Å². The molecule has 3 N–H and O–H groups in total. The van der Waals surface area contributed by atoms with E-state index in [4.69, 9.17) is 9.47 Å². The molecule has 1 aliphatic carbocycles. The fourth-order valence-electron chi connectivity index (χ4n) is 7.94. The van der Waals surface area contributed by atoms with Crippen LogP contribution < -0.4 is 25.0 Å². The number of nitrogens with zero attached hydrogens (tertiary/aromatic N) is 2. The number of carbonyl (C=O) groups is 5. The summed E-state index contributed by atoms with van der Waals surface area (Å²) in [6.07, 6.45) is 5.30. The molecule has 0 aromatic heterocycles. The standard InChI is InChI=1S/C46H50N4O8/c1-32(51)47-28-27-46(25-9-10-26-46)45(56)48-39(44(54)55)29-34-15-20-36(21-16-34)49-41(24-19-33-11-5-3-6-12-33)50(42(52)31-58-38-13-7-4-8-14-38)40(43(49)53)30-35-17-22-37(57-2)23-18-35/h3-8,11-18,20-23,29,40-41H,9-10,19,24-28,30-31H2,1-2H3,(H,47,51)(H,48,56)(H,54,55). The van der Waals surface area contributed by atoms with E-state index in [1.54, 1.807) is 53.3 Å². The molecular formula is C46H50N4O8. The van der Waals surface area contributed by atoms with Crippen LogP contribution in [-0.4, -0.2) is 72.1 Å². The third kappa shape index (κ3) is 10.1. The molecule has 0 radical (unpaired) electrons. The molecule has 58 heavy (non-hydrogen) atoms. The van der Waals surface area contributed by atoms with Gasteiger partial charge in [-0.05, 0) is 91.3 Å². The van der Waals surface area contributed by atoms with Crippen LogP contribution in [0.4, 0.5) is 5.69 Å². The topological polar surface area (TPSA) is 155 Å². The monoisotopic (exact) mass is 786 g/mol. The molecule has 0 bridgehead atoms. The molecule has 6 rings (SSSR count). The molecule has 4 aromatic rings. The molecule has 1 saturated heterocycles. The lowest BCUT2D eigenvalue weighted by molar-refractivity contribution is -0.138. The van der Waals surface area contributed by atoms with E-state index in [0.29, 0.717) is 61.4 Å². The highest BCUT2D eigenvalue weighted by Crippen LogP contribution is 2.41. The van der Waals surface area contributed by atoms with Gasteiger partial charge in [-0.1, -0.05) is 85.6 Å². The van der Waals surface area contributed by atoms with E-state index in [-0.39, 0.29) is 42.4 Å². The van der Waals surface area contributed by atoms with Gasteiger partial charge in [-0.3, -0.25) is 24.1 Å². The van der Waals surface area contributed by atoms with Gasteiger partial charge in [0.1, 0.15) is 29.4 Å². The number of rotatable bonds is 17. The maximum absolute atomic E-state index is 14.7. The molecule has 4 amide bonds. The van der Waals surface area contributed by atoms with Crippen molar-refractivity contribution < 1.29 is 38.6 Å². The SMILES string of the molecule is COc1ccc(CC2C(=O)N(c3ccc(C=C(NC(=O)C4(CCNC(C)=O)CCCC4)C(=O)O)cc3)C(CCc3ccccc3)N2C(=O)COc2ccccc2)cc1. The summed E-state index contributed by atoms with van der Waals surface area (Å²) in [7, 11) is 1.58. The largest absolute Gasteiger partial charge is 0.497 e. The summed E-state index contributed by atoms with van der Waals surface area (Å²) in [5, 5.41) is 15.5. The molecule has 1 aliphatic heterocycles. The van der Waals surface area contributed by atoms with E-state index in [1.165, 1.54) is 13.0 Å². The number of aliphatic carboxylic acids is 1. The zero-order chi connectivity index (χ0) is 41.1. The number of methoxy groups -OCH3 is 1. The Morgan fingerprint density at radius 2 is 1.50 bits per heavy atom. The van der Waals surface area contributed by atoms with Crippen molar-refractivity contribution in [3.8, 4) is 11.5 Å². The average molecular weight is 787 g/mol. The minimum Gasteiger partial charge on any atom is -0.497 e. The minimum absolute atomic E-state index is 0.189. The molecule has 0 spiro atoms. The van der Waals surface area contributed by atoms with Crippen LogP contribution in [0.25, 0.3) is 6.08 Å². The van der Waals surface area contributed by atoms with Gasteiger partial charge < -0.3 is 30.1 Å². The summed E-state index contributed by atoms with van der Waals surface area (Å²) in [5.41, 5.74) is 1.87. The first kappa shape index (κ1) is 41.2. The summed E-state index contributed by atoms with van der Waals surface area (Å²) in [4.78, 5) is 69.8. The van der Waals surface area contributed by atoms with E-state index < -0.39 is 23.6 Å². The number of carboxylic acids is 1. The predicted molar refractivity (Wildman–Crippen MR) is 220 cm³/mol. The number of carbonyl (C=O) groups excluding carboxylic acids is 4. The van der Waals surface area contributed by atoms with E-state index >= 15 is 0 Å². The number of aryl methyl sites for hydroxylation is 1. The van der Waals surface area contributed by atoms with Crippen LogP contribution >= 0.6 is 0 Å². The highest BCUT2D eigenvalue weighted by atomic mass is 16.5. The molecule has 2 atom stereocenters. The minimum atomic E-state index is -1.30. The Morgan fingerprint density at radius 1 is 0.845 bits per heavy atom. The fourth-order valence-corrected chi connectivity index (χ4v) is 7.94. The summed E-state index contributed by atoms with van der Waals surface area (Å²) < 4.78 is 11.3. The number of nitrogens with one attached hydrogen (secondary N) is 2. The van der Waals surface area contributed by atoms with Crippen LogP contribution in [0.2, 0.25) is 0 Å². The quantitative estimate of drug-likeness (QED) is 0.108. The molecule has 2 unspecified atom stereocenters. The Bertz CT molecular complexity index is 2080. The Labute approximate surface area is 338 Å². The van der Waals surface area contributed by atoms with Crippen LogP contribution in [0, 0.1) is 5.41 Å². The molecule has 12 heteroatoms. The first-order valence-electron chi connectivity index (χ1n) is 19.7. The molecule has 2 fully saturated rings. The number of hydrogen-bond acceptors (Lipinski definition) is 7. The fraction of sp³-hybridized carbons (Fsp3) is 0.326. The van der Waals surface area contributed by atoms with Gasteiger partial charge >= 0.3 is 5.97 Å². The van der Waals surface area contributed by atoms with Gasteiger partial charge in [-0.15, -0.1) is 0 Å². The number of carboxylic acid groups (broad SMARTS) is 1. The molecule has 2 aliphatic rings. The van der Waals surface area contributed by atoms with Crippen molar-refractivity contribution in [1.29, 1.82) is 0 Å². The van der Waals surface area contributed by atoms with Crippen molar-refractivity contribution in [2.75, 3.05) is 25.2 Å². The lowest BCUT2D eigenvalue weighted by Gasteiger charge is -2.32. The van der Waals surface area contributed by atoms with Crippen molar-refractivity contribution in [3.63, 3.8) is 0 Å². The van der Waals surface area contributed by atoms with Gasteiger partial charge in [0.15, 0.2) is 6.61 Å². The zero-order valence-corrected chi connectivity index (χ0v) is 32.9. The first-order chi connectivity index (χ1) is 28.1. The summed E-state index contributed by atoms with van der Waals surface area (Å²) in [6.45, 7) is 1.47. The van der Waals surface area contributed by atoms with E-state index in [9.17, 15) is 29.1 Å². The van der Waals surface area contributed by atoms with Crippen molar-refractivity contribution in [2.24, 2.45) is 5.41 Å². The van der Waals surface area contributed by atoms with Gasteiger partial charge in [-0.25, -0.2) is 4.79 Å². The van der Waals surface area contributed by atoms with E-state index in [0.717, 1.165) is 24.0 Å². The van der Waals surface area contributed by atoms with Crippen LogP contribution in [0.15, 0.2) is 115 Å². The number of benzene rings is 4. The van der Waals surface area contributed by atoms with Crippen LogP contribution in [-0.2, 0) is 36.8 Å². The molecule has 1 heterocycles. The second-order valence-corrected chi connectivity index (χ2v) is 14.8. The van der Waals surface area contributed by atoms with Gasteiger partial charge in [-0.2, -0.15) is 0 Å². The third-order valence-electron chi connectivity index (χ3n) is 11.0. The van der Waals surface area contributed by atoms with Gasteiger partial charge in [0.2, 0.25) is 11.8 Å². The zero-order valence-electron chi connectivity index (χ0n) is 32.9. The average Bonchev–Trinajstić information content (AvgIpc) is 3.82. The number of para-hydroxylation sites is 1. The van der Waals surface area contributed by atoms with Gasteiger partial charge in [0, 0.05) is 25.6 Å². The Hall–Kier alpha value is -6.43. The van der Waals surface area contributed by atoms with Crippen molar-refractivity contribution >= 4 is 41.4 Å². The summed E-state index contributed by atoms with van der Waals surface area (Å²) in [5.74, 6) is -1.25. The number of anilines is 1. The smallest absolute Gasteiger partial charge is 0.352 e. The Morgan fingerprint density at radius 3 is 2.12 bits per heavy atom. The van der Waals surface area contributed by atoms with E-state index in [1.807, 2.05) is 72.8 Å². The van der Waals surface area contributed by atoms with Gasteiger partial charge in [0.25, 0.3) is 11.8 Å². The van der Waals surface area contributed by atoms with Crippen molar-refractivity contribution in [1.82, 2.24) is 15.5 Å². The molecule has 4 aromatic carbocycles. The van der Waals surface area contributed by atoms with Crippen LogP contribution in [0.3, 0.4) is 0 Å². The summed E-state index contributed by atoms with van der Waals surface area (Å²) in [6, 6.07) is 32.3. The van der Waals surface area contributed by atoms with Crippen LogP contribution in [0.5, 0.6) is 11.5 Å². The van der Waals surface area contributed by atoms with Crippen molar-refractivity contribution in [3.05, 3.63) is 132 Å². The second-order valence-electron chi connectivity index (χ2n) is 14.8. The lowest BCUT2D eigenvalue weighted by atomic mass is 9.81. The number of ether oxygens (including phenoxy) is 2. The third-order valence-corrected chi connectivity index (χ3v) is 11.0. The normalized spacial score (nSPS) is 17.5. The van der Waals surface area contributed by atoms with Crippen LogP contribution in [0.1, 0.15) is 62.1 Å². The number of hydrogen-bond donors (Lipinski definition) is 3. The lowest BCUT2D eigenvalue weighted by Crippen LogP contribution is -2.47. The molecular weight excluding hydrogens is 737 g/mol. The molecule has 302 valence electrons. The van der Waals surface area contributed by atoms with Crippen molar-refractivity contribution in [2.45, 2.75) is 70.5 Å². The second kappa shape index (κ2) is 19.1. The highest BCUT2D eigenvalue weighted by Gasteiger charge is 2.49. The van der Waals surface area contributed by atoms with E-state index in [2.05, 4.69) is 10.6 Å². The number of amides is 4. The Balaban J connectivity index is 1.30. The molecule has 12 nitrogen and oxygen atoms in total. The maximum Gasteiger partial charge on any atom is 0.352 e.